The van der Waals surface area contributed by atoms with Gasteiger partial charge in [-0.2, -0.15) is 33.1 Å². The van der Waals surface area contributed by atoms with Crippen molar-refractivity contribution in [2.75, 3.05) is 24.0 Å². The minimum Gasteiger partial charge on any atom is -0.412 e. The second kappa shape index (κ2) is 29.2. The van der Waals surface area contributed by atoms with Gasteiger partial charge in [0, 0.05) is 13.0 Å². The van der Waals surface area contributed by atoms with Gasteiger partial charge in [-0.05, 0) is 30.4 Å². The van der Waals surface area contributed by atoms with Crippen LogP contribution in [-0.2, 0) is 19.2 Å². The second-order valence-corrected chi connectivity index (χ2v) is 5.30. The molecule has 0 saturated carbocycles. The highest BCUT2D eigenvalue weighted by Crippen LogP contribution is 2.03. The van der Waals surface area contributed by atoms with Crippen molar-refractivity contribution in [3.63, 3.8) is 0 Å². The minimum absolute atomic E-state index is 0. The summed E-state index contributed by atoms with van der Waals surface area (Å²) in [4.78, 5) is 47.3. The number of rotatable bonds is 6. The van der Waals surface area contributed by atoms with Gasteiger partial charge in [0.05, 0.1) is 0 Å². The SMILES string of the molecule is C#N.CSCCC1NC(=O)NC1=O.CSCCC=O.N.O.O=C=O. The van der Waals surface area contributed by atoms with E-state index in [0.717, 1.165) is 17.8 Å². The number of amides is 3. The number of hydrogen-bond acceptors (Lipinski definition) is 9. The van der Waals surface area contributed by atoms with Crippen molar-refractivity contribution < 1.29 is 29.4 Å². The van der Waals surface area contributed by atoms with Gasteiger partial charge in [0.25, 0.3) is 5.91 Å². The smallest absolute Gasteiger partial charge is 0.373 e. The topological polar surface area (TPSA) is 200 Å². The van der Waals surface area contributed by atoms with Crippen molar-refractivity contribution >= 4 is 47.9 Å². The first-order valence-corrected chi connectivity index (χ1v) is 8.64. The van der Waals surface area contributed by atoms with Crippen LogP contribution >= 0.6 is 23.5 Å². The highest BCUT2D eigenvalue weighted by molar-refractivity contribution is 7.98. The molecule has 1 atom stereocenters. The van der Waals surface area contributed by atoms with Gasteiger partial charge in [0.2, 0.25) is 0 Å². The number of imide groups is 1. The van der Waals surface area contributed by atoms with E-state index >= 15 is 0 Å². The molecule has 0 spiro atoms. The molecule has 0 aromatic heterocycles. The molecule has 0 aliphatic carbocycles. The van der Waals surface area contributed by atoms with Crippen LogP contribution in [0.4, 0.5) is 4.79 Å². The molecule has 7 N–H and O–H groups in total. The van der Waals surface area contributed by atoms with Crippen LogP contribution < -0.4 is 16.8 Å². The molecule has 0 bridgehead atoms. The lowest BCUT2D eigenvalue weighted by atomic mass is 10.2. The first-order valence-electron chi connectivity index (χ1n) is 5.85. The molecule has 0 radical (unpaired) electrons. The number of carbonyl (C=O) groups is 3. The lowest BCUT2D eigenvalue weighted by molar-refractivity contribution is -0.191. The Hall–Kier alpha value is -1.90. The fourth-order valence-corrected chi connectivity index (χ4v) is 1.87. The summed E-state index contributed by atoms with van der Waals surface area (Å²) < 4.78 is 0. The number of nitriles is 1. The third-order valence-corrected chi connectivity index (χ3v) is 3.20. The van der Waals surface area contributed by atoms with Gasteiger partial charge in [-0.15, -0.1) is 0 Å². The van der Waals surface area contributed by atoms with E-state index in [1.54, 1.807) is 23.5 Å². The van der Waals surface area contributed by atoms with E-state index in [2.05, 4.69) is 17.2 Å². The van der Waals surface area contributed by atoms with Crippen molar-refractivity contribution in [3.8, 4) is 6.57 Å². The van der Waals surface area contributed by atoms with Crippen LogP contribution in [0.2, 0.25) is 0 Å². The Morgan fingerprint density at radius 3 is 1.92 bits per heavy atom. The largest absolute Gasteiger partial charge is 0.412 e. The molecule has 1 fully saturated rings. The zero-order valence-corrected chi connectivity index (χ0v) is 15.2. The molecule has 12 heteroatoms. The summed E-state index contributed by atoms with van der Waals surface area (Å²) in [5, 5.41) is 11.2. The lowest BCUT2D eigenvalue weighted by Gasteiger charge is -2.03. The molecule has 1 saturated heterocycles. The second-order valence-electron chi connectivity index (χ2n) is 3.33. The number of carbonyl (C=O) groups excluding carboxylic acids is 5. The summed E-state index contributed by atoms with van der Waals surface area (Å²) >= 11 is 3.36. The maximum Gasteiger partial charge on any atom is 0.373 e. The number of hydrogen-bond donors (Lipinski definition) is 3. The molecule has 1 aliphatic heterocycles. The lowest BCUT2D eigenvalue weighted by Crippen LogP contribution is -2.29. The fraction of sp³-hybridized carbons (Fsp3) is 0.583. The monoisotopic (exact) mass is 384 g/mol. The third-order valence-electron chi connectivity index (χ3n) is 1.91. The Morgan fingerprint density at radius 1 is 1.21 bits per heavy atom. The molecule has 1 aliphatic rings. The standard InChI is InChI=1S/C6H10N2O2S.C4H8OS.CHN.CO2.H3N.H2O/c1-11-3-2-4-5(9)8-6(10)7-4;1-6-4-2-3-5;1-2;2-1-3;;/h4H,2-3H2,1H3,(H2,7,8,9,10);3H,2,4H2,1H3;1H;;1H3;1H2. The zero-order chi connectivity index (χ0) is 17.8. The normalized spacial score (nSPS) is 13.1. The molecule has 1 unspecified atom stereocenters. The van der Waals surface area contributed by atoms with Gasteiger partial charge in [0.1, 0.15) is 12.3 Å². The van der Waals surface area contributed by atoms with E-state index in [-0.39, 0.29) is 35.8 Å². The van der Waals surface area contributed by atoms with Crippen LogP contribution in [0.25, 0.3) is 0 Å². The summed E-state index contributed by atoms with van der Waals surface area (Å²) in [6, 6.07) is -0.684. The van der Waals surface area contributed by atoms with E-state index in [0.29, 0.717) is 12.8 Å². The first kappa shape index (κ1) is 33.6. The Balaban J connectivity index is -0.0000000801. The first-order chi connectivity index (χ1) is 10.6. The number of thioether (sulfide) groups is 2. The highest BCUT2D eigenvalue weighted by atomic mass is 32.2. The van der Waals surface area contributed by atoms with Crippen LogP contribution in [0, 0.1) is 11.8 Å². The Bertz CT molecular complexity index is 376. The summed E-state index contributed by atoms with van der Waals surface area (Å²) in [7, 11) is 0. The van der Waals surface area contributed by atoms with Gasteiger partial charge in [-0.3, -0.25) is 10.1 Å². The Morgan fingerprint density at radius 2 is 1.67 bits per heavy atom. The zero-order valence-electron chi connectivity index (χ0n) is 13.6. The summed E-state index contributed by atoms with van der Waals surface area (Å²) in [5.74, 6) is 1.64. The summed E-state index contributed by atoms with van der Waals surface area (Å²) in [6.07, 6.45) is 6.55. The quantitative estimate of drug-likeness (QED) is 0.314. The average Bonchev–Trinajstić information content (AvgIpc) is 2.84. The molecule has 1 rings (SSSR count). The van der Waals surface area contributed by atoms with Gasteiger partial charge < -0.3 is 21.7 Å². The molecule has 10 nitrogen and oxygen atoms in total. The maximum atomic E-state index is 10.9. The number of urea groups is 1. The van der Waals surface area contributed by atoms with E-state index in [9.17, 15) is 14.4 Å². The molecular weight excluding hydrogens is 360 g/mol. The van der Waals surface area contributed by atoms with Crippen molar-refractivity contribution in [1.29, 1.82) is 5.26 Å². The predicted octanol–water partition coefficient (Wildman–Crippen LogP) is -0.221. The van der Waals surface area contributed by atoms with Gasteiger partial charge in [-0.25, -0.2) is 10.1 Å². The van der Waals surface area contributed by atoms with Crippen LogP contribution in [0.5, 0.6) is 0 Å². The van der Waals surface area contributed by atoms with Crippen LogP contribution in [0.3, 0.4) is 0 Å². The van der Waals surface area contributed by atoms with E-state index in [4.69, 9.17) is 14.9 Å². The number of nitrogens with zero attached hydrogens (tertiary/aromatic N) is 1. The Labute approximate surface area is 149 Å². The van der Waals surface area contributed by atoms with Gasteiger partial charge in [-0.1, -0.05) is 0 Å². The maximum absolute atomic E-state index is 10.9. The molecule has 1 heterocycles. The number of nitrogens with one attached hydrogen (secondary N) is 2. The molecule has 24 heavy (non-hydrogen) atoms. The van der Waals surface area contributed by atoms with Crippen LogP contribution in [-0.4, -0.2) is 59.9 Å². The number of aldehydes is 1. The van der Waals surface area contributed by atoms with E-state index < -0.39 is 0 Å². The van der Waals surface area contributed by atoms with E-state index in [1.807, 2.05) is 12.5 Å². The highest BCUT2D eigenvalue weighted by Gasteiger charge is 2.28. The molecule has 140 valence electrons. The third kappa shape index (κ3) is 25.1. The van der Waals surface area contributed by atoms with E-state index in [1.165, 1.54) is 0 Å². The fourth-order valence-electron chi connectivity index (χ4n) is 1.06. The van der Waals surface area contributed by atoms with Crippen LogP contribution in [0.1, 0.15) is 12.8 Å². The van der Waals surface area contributed by atoms with Crippen molar-refractivity contribution in [2.24, 2.45) is 0 Å². The average molecular weight is 384 g/mol. The molecule has 3 amide bonds. The van der Waals surface area contributed by atoms with Gasteiger partial charge in [0.15, 0.2) is 0 Å². The van der Waals surface area contributed by atoms with Crippen molar-refractivity contribution in [2.45, 2.75) is 18.9 Å². The van der Waals surface area contributed by atoms with Crippen LogP contribution in [0.15, 0.2) is 0 Å². The molecular formula is C12H24N4O6S2. The van der Waals surface area contributed by atoms with Gasteiger partial charge >= 0.3 is 12.2 Å². The van der Waals surface area contributed by atoms with Crippen molar-refractivity contribution in [3.05, 3.63) is 0 Å². The molecule has 0 aromatic rings. The van der Waals surface area contributed by atoms with Crippen molar-refractivity contribution in [1.82, 2.24) is 16.8 Å². The predicted molar refractivity (Wildman–Crippen MR) is 92.8 cm³/mol. The Kier molecular flexibility index (Phi) is 40.9. The molecule has 0 aromatic carbocycles. The summed E-state index contributed by atoms with van der Waals surface area (Å²) in [6.45, 7) is 3.50. The minimum atomic E-state index is -0.374. The summed E-state index contributed by atoms with van der Waals surface area (Å²) in [5.41, 5.74) is 0.